The van der Waals surface area contributed by atoms with Gasteiger partial charge < -0.3 is 28.8 Å². The van der Waals surface area contributed by atoms with E-state index >= 15 is 0 Å². The van der Waals surface area contributed by atoms with Crippen molar-refractivity contribution in [2.75, 3.05) is 51.9 Å². The van der Waals surface area contributed by atoms with Crippen molar-refractivity contribution in [3.8, 4) is 23.1 Å². The molecule has 0 bridgehead atoms. The van der Waals surface area contributed by atoms with Crippen LogP contribution in [-0.4, -0.2) is 67.6 Å². The van der Waals surface area contributed by atoms with Gasteiger partial charge >= 0.3 is 0 Å². The predicted octanol–water partition coefficient (Wildman–Crippen LogP) is 6.10. The van der Waals surface area contributed by atoms with Gasteiger partial charge in [-0.1, -0.05) is 30.3 Å². The predicted molar refractivity (Wildman–Crippen MR) is 159 cm³/mol. The SMILES string of the molecule is COc1ccc([C@@H](CCCOc2ccccc2)n2cc3c(N4CCN(C5CC5)CC4)cccc3c2O)cc1OC. The molecule has 0 radical (unpaired) electrons. The van der Waals surface area contributed by atoms with Crippen molar-refractivity contribution in [1.82, 2.24) is 9.47 Å². The molecule has 2 aliphatic rings. The van der Waals surface area contributed by atoms with Gasteiger partial charge in [0.2, 0.25) is 0 Å². The second-order valence-electron chi connectivity index (χ2n) is 10.8. The van der Waals surface area contributed by atoms with Crippen LogP contribution in [-0.2, 0) is 0 Å². The summed E-state index contributed by atoms with van der Waals surface area (Å²) in [5.41, 5.74) is 2.24. The van der Waals surface area contributed by atoms with Gasteiger partial charge in [-0.2, -0.15) is 0 Å². The van der Waals surface area contributed by atoms with E-state index < -0.39 is 0 Å². The Morgan fingerprint density at radius 2 is 1.62 bits per heavy atom. The minimum atomic E-state index is -0.105. The van der Waals surface area contributed by atoms with E-state index in [2.05, 4.69) is 34.2 Å². The van der Waals surface area contributed by atoms with Crippen LogP contribution in [0.4, 0.5) is 5.69 Å². The molecule has 1 aromatic heterocycles. The average molecular weight is 542 g/mol. The number of aromatic hydroxyl groups is 1. The zero-order valence-corrected chi connectivity index (χ0v) is 23.5. The highest BCUT2D eigenvalue weighted by Crippen LogP contribution is 2.41. The third-order valence-corrected chi connectivity index (χ3v) is 8.32. The Labute approximate surface area is 236 Å². The zero-order chi connectivity index (χ0) is 27.5. The summed E-state index contributed by atoms with van der Waals surface area (Å²) in [7, 11) is 3.30. The maximum atomic E-state index is 11.6. The lowest BCUT2D eigenvalue weighted by Gasteiger charge is -2.36. The van der Waals surface area contributed by atoms with Gasteiger partial charge in [-0.3, -0.25) is 4.90 Å². The lowest BCUT2D eigenvalue weighted by molar-refractivity contribution is 0.248. The summed E-state index contributed by atoms with van der Waals surface area (Å²) in [5.74, 6) is 2.52. The number of aromatic nitrogens is 1. The first-order valence-electron chi connectivity index (χ1n) is 14.4. The molecule has 1 atom stereocenters. The largest absolute Gasteiger partial charge is 0.494 e. The van der Waals surface area contributed by atoms with Crippen molar-refractivity contribution in [3.05, 3.63) is 78.5 Å². The number of methoxy groups -OCH3 is 2. The van der Waals surface area contributed by atoms with Crippen LogP contribution >= 0.6 is 0 Å². The second-order valence-corrected chi connectivity index (χ2v) is 10.8. The van der Waals surface area contributed by atoms with Crippen LogP contribution in [0.3, 0.4) is 0 Å². The Balaban J connectivity index is 1.30. The Morgan fingerprint density at radius 1 is 0.850 bits per heavy atom. The zero-order valence-electron chi connectivity index (χ0n) is 23.5. The molecule has 1 saturated heterocycles. The lowest BCUT2D eigenvalue weighted by Crippen LogP contribution is -2.47. The maximum Gasteiger partial charge on any atom is 0.199 e. The monoisotopic (exact) mass is 541 g/mol. The molecular weight excluding hydrogens is 502 g/mol. The first kappa shape index (κ1) is 26.4. The van der Waals surface area contributed by atoms with Crippen molar-refractivity contribution in [2.24, 2.45) is 0 Å². The molecule has 40 heavy (non-hydrogen) atoms. The molecule has 0 unspecified atom stereocenters. The first-order chi connectivity index (χ1) is 19.7. The van der Waals surface area contributed by atoms with Crippen molar-refractivity contribution in [3.63, 3.8) is 0 Å². The molecule has 1 aliphatic carbocycles. The van der Waals surface area contributed by atoms with E-state index in [1.165, 1.54) is 18.5 Å². The summed E-state index contributed by atoms with van der Waals surface area (Å²) in [6.07, 6.45) is 6.43. The summed E-state index contributed by atoms with van der Waals surface area (Å²) in [6, 6.07) is 22.9. The number of para-hydroxylation sites is 1. The molecule has 1 N–H and O–H groups in total. The van der Waals surface area contributed by atoms with Crippen LogP contribution in [0, 0.1) is 0 Å². The van der Waals surface area contributed by atoms with Crippen LogP contribution < -0.4 is 19.1 Å². The molecule has 1 saturated carbocycles. The van der Waals surface area contributed by atoms with E-state index in [0.717, 1.165) is 67.1 Å². The van der Waals surface area contributed by atoms with E-state index in [1.54, 1.807) is 14.2 Å². The van der Waals surface area contributed by atoms with E-state index in [0.29, 0.717) is 18.1 Å². The third kappa shape index (κ3) is 5.43. The summed E-state index contributed by atoms with van der Waals surface area (Å²) in [5, 5.41) is 13.5. The van der Waals surface area contributed by atoms with Gasteiger partial charge in [-0.15, -0.1) is 0 Å². The van der Waals surface area contributed by atoms with Gasteiger partial charge in [0.05, 0.1) is 26.9 Å². The Bertz CT molecular complexity index is 1420. The van der Waals surface area contributed by atoms with Gasteiger partial charge in [-0.05, 0) is 67.6 Å². The summed E-state index contributed by atoms with van der Waals surface area (Å²) < 4.78 is 19.2. The topological polar surface area (TPSA) is 59.3 Å². The number of hydrogen-bond donors (Lipinski definition) is 1. The molecule has 2 heterocycles. The number of piperazine rings is 1. The number of hydrogen-bond acceptors (Lipinski definition) is 6. The van der Waals surface area contributed by atoms with Crippen LogP contribution in [0.5, 0.6) is 23.1 Å². The van der Waals surface area contributed by atoms with E-state index in [9.17, 15) is 5.11 Å². The van der Waals surface area contributed by atoms with Crippen LogP contribution in [0.15, 0.2) is 72.9 Å². The average Bonchev–Trinajstić information content (AvgIpc) is 3.81. The van der Waals surface area contributed by atoms with Crippen molar-refractivity contribution >= 4 is 16.5 Å². The van der Waals surface area contributed by atoms with E-state index in [1.807, 2.05) is 53.1 Å². The summed E-state index contributed by atoms with van der Waals surface area (Å²) in [6.45, 7) is 4.81. The first-order valence-corrected chi connectivity index (χ1v) is 14.4. The molecule has 7 nitrogen and oxygen atoms in total. The minimum Gasteiger partial charge on any atom is -0.494 e. The van der Waals surface area contributed by atoms with E-state index in [-0.39, 0.29) is 11.9 Å². The van der Waals surface area contributed by atoms with Gasteiger partial charge in [0.1, 0.15) is 5.75 Å². The lowest BCUT2D eigenvalue weighted by atomic mass is 10.0. The summed E-state index contributed by atoms with van der Waals surface area (Å²) in [4.78, 5) is 5.11. The number of fused-ring (bicyclic) bond motifs is 1. The van der Waals surface area contributed by atoms with Crippen molar-refractivity contribution < 1.29 is 19.3 Å². The molecule has 0 spiro atoms. The quantitative estimate of drug-likeness (QED) is 0.232. The maximum absolute atomic E-state index is 11.6. The number of rotatable bonds is 11. The van der Waals surface area contributed by atoms with Crippen LogP contribution in [0.2, 0.25) is 0 Å². The standard InChI is InChI=1S/C33H39N3O4/c1-38-31-16-13-24(22-32(31)39-2)29(12-7-21-40-26-8-4-3-5-9-26)36-23-28-27(33(36)37)10-6-11-30(28)35-19-17-34(18-20-35)25-14-15-25/h3-6,8-11,13,16,22-23,25,29,37H,7,12,14-15,17-21H2,1-2H3/t29-/m1/s1. The molecule has 210 valence electrons. The fraction of sp³-hybridized carbons (Fsp3) is 0.394. The number of ether oxygens (including phenoxy) is 3. The van der Waals surface area contributed by atoms with Gasteiger partial charge in [0, 0.05) is 54.9 Å². The summed E-state index contributed by atoms with van der Waals surface area (Å²) >= 11 is 0. The van der Waals surface area contributed by atoms with Gasteiger partial charge in [0.15, 0.2) is 17.4 Å². The second kappa shape index (κ2) is 11.7. The molecule has 4 aromatic rings. The number of nitrogens with zero attached hydrogens (tertiary/aromatic N) is 3. The smallest absolute Gasteiger partial charge is 0.199 e. The molecule has 0 amide bonds. The van der Waals surface area contributed by atoms with Crippen LogP contribution in [0.25, 0.3) is 10.8 Å². The highest BCUT2D eigenvalue weighted by molar-refractivity contribution is 5.98. The normalized spacial score (nSPS) is 16.7. The highest BCUT2D eigenvalue weighted by atomic mass is 16.5. The van der Waals surface area contributed by atoms with Crippen LogP contribution in [0.1, 0.15) is 37.3 Å². The Morgan fingerprint density at radius 3 is 2.35 bits per heavy atom. The Kier molecular flexibility index (Phi) is 7.73. The molecular formula is C33H39N3O4. The molecule has 6 rings (SSSR count). The third-order valence-electron chi connectivity index (χ3n) is 8.32. The van der Waals surface area contributed by atoms with Crippen molar-refractivity contribution in [1.29, 1.82) is 0 Å². The van der Waals surface area contributed by atoms with Crippen molar-refractivity contribution in [2.45, 2.75) is 37.8 Å². The number of benzene rings is 3. The van der Waals surface area contributed by atoms with Gasteiger partial charge in [0.25, 0.3) is 0 Å². The molecule has 3 aromatic carbocycles. The molecule has 7 heteroatoms. The molecule has 2 fully saturated rings. The minimum absolute atomic E-state index is 0.105. The van der Waals surface area contributed by atoms with Gasteiger partial charge in [-0.25, -0.2) is 0 Å². The molecule has 1 aliphatic heterocycles. The fourth-order valence-corrected chi connectivity index (χ4v) is 6.01. The highest BCUT2D eigenvalue weighted by Gasteiger charge is 2.32. The Hall–Kier alpha value is -3.84. The fourth-order valence-electron chi connectivity index (χ4n) is 6.01. The number of anilines is 1. The van der Waals surface area contributed by atoms with E-state index in [4.69, 9.17) is 14.2 Å².